The molecule has 1 aliphatic rings. The van der Waals surface area contributed by atoms with Gasteiger partial charge in [-0.2, -0.15) is 0 Å². The second-order valence-corrected chi connectivity index (χ2v) is 5.64. The number of halogens is 1. The van der Waals surface area contributed by atoms with Crippen LogP contribution in [-0.4, -0.2) is 27.6 Å². The van der Waals surface area contributed by atoms with E-state index in [0.717, 1.165) is 17.0 Å². The molecule has 0 unspecified atom stereocenters. The lowest BCUT2D eigenvalue weighted by molar-refractivity contribution is 0.167. The molecular weight excluding hydrogens is 271 g/mol. The van der Waals surface area contributed by atoms with Crippen molar-refractivity contribution >= 4 is 0 Å². The highest BCUT2D eigenvalue weighted by molar-refractivity contribution is 5.21. The molecule has 0 aliphatic carbocycles. The smallest absolute Gasteiger partial charge is 0.208 e. The zero-order valence-electron chi connectivity index (χ0n) is 12.2. The van der Waals surface area contributed by atoms with Gasteiger partial charge in [0.1, 0.15) is 11.6 Å². The van der Waals surface area contributed by atoms with Crippen molar-refractivity contribution in [1.29, 1.82) is 0 Å². The van der Waals surface area contributed by atoms with Crippen molar-refractivity contribution in [1.82, 2.24) is 9.88 Å². The van der Waals surface area contributed by atoms with E-state index in [1.165, 1.54) is 12.1 Å². The first-order valence-electron chi connectivity index (χ1n) is 7.13. The van der Waals surface area contributed by atoms with Gasteiger partial charge in [-0.3, -0.25) is 4.90 Å². The molecule has 3 rings (SSSR count). The summed E-state index contributed by atoms with van der Waals surface area (Å²) in [4.78, 5) is 6.52. The first-order chi connectivity index (χ1) is 10.0. The van der Waals surface area contributed by atoms with Gasteiger partial charge in [-0.15, -0.1) is 0 Å². The average molecular weight is 290 g/mol. The molecular formula is C16H19FN2O2. The molecule has 1 saturated heterocycles. The second kappa shape index (κ2) is 5.58. The van der Waals surface area contributed by atoms with E-state index in [0.29, 0.717) is 25.4 Å². The van der Waals surface area contributed by atoms with Crippen LogP contribution in [0, 0.1) is 19.7 Å². The fourth-order valence-corrected chi connectivity index (χ4v) is 2.87. The van der Waals surface area contributed by atoms with E-state index >= 15 is 0 Å². The maximum Gasteiger partial charge on any atom is 0.208 e. The van der Waals surface area contributed by atoms with Crippen molar-refractivity contribution in [3.05, 3.63) is 53.0 Å². The molecule has 2 heterocycles. The van der Waals surface area contributed by atoms with E-state index in [-0.39, 0.29) is 18.0 Å². The lowest BCUT2D eigenvalue weighted by Gasteiger charge is -2.22. The molecule has 0 spiro atoms. The minimum atomic E-state index is -0.378. The predicted molar refractivity (Wildman–Crippen MR) is 76.2 cm³/mol. The van der Waals surface area contributed by atoms with Crippen molar-refractivity contribution < 1.29 is 13.9 Å². The number of aliphatic hydroxyl groups is 1. The molecule has 5 heteroatoms. The van der Waals surface area contributed by atoms with Crippen LogP contribution in [0.3, 0.4) is 0 Å². The number of oxazole rings is 1. The molecule has 112 valence electrons. The van der Waals surface area contributed by atoms with Crippen LogP contribution in [0.4, 0.5) is 4.39 Å². The maximum atomic E-state index is 13.1. The summed E-state index contributed by atoms with van der Waals surface area (Å²) in [7, 11) is 0. The Balaban J connectivity index is 1.80. The average Bonchev–Trinajstić information content (AvgIpc) is 2.94. The van der Waals surface area contributed by atoms with Crippen LogP contribution >= 0.6 is 0 Å². The van der Waals surface area contributed by atoms with Gasteiger partial charge >= 0.3 is 0 Å². The van der Waals surface area contributed by atoms with Crippen molar-refractivity contribution in [2.45, 2.75) is 39.0 Å². The van der Waals surface area contributed by atoms with Crippen molar-refractivity contribution in [2.75, 3.05) is 6.54 Å². The fraction of sp³-hybridized carbons (Fsp3) is 0.438. The molecule has 1 aromatic heterocycles. The zero-order valence-corrected chi connectivity index (χ0v) is 12.2. The molecule has 0 radical (unpaired) electrons. The van der Waals surface area contributed by atoms with Gasteiger partial charge in [0.05, 0.1) is 18.3 Å². The van der Waals surface area contributed by atoms with Gasteiger partial charge in [0, 0.05) is 12.6 Å². The third kappa shape index (κ3) is 2.99. The Kier molecular flexibility index (Phi) is 3.78. The second-order valence-electron chi connectivity index (χ2n) is 5.64. The van der Waals surface area contributed by atoms with Crippen LogP contribution in [0.5, 0.6) is 0 Å². The van der Waals surface area contributed by atoms with Gasteiger partial charge in [0.2, 0.25) is 5.89 Å². The number of aryl methyl sites for hydroxylation is 2. The van der Waals surface area contributed by atoms with E-state index in [9.17, 15) is 9.50 Å². The van der Waals surface area contributed by atoms with Crippen LogP contribution < -0.4 is 0 Å². The number of aliphatic hydroxyl groups excluding tert-OH is 1. The highest BCUT2D eigenvalue weighted by Crippen LogP contribution is 2.33. The fourth-order valence-electron chi connectivity index (χ4n) is 2.87. The highest BCUT2D eigenvalue weighted by atomic mass is 19.1. The van der Waals surface area contributed by atoms with Crippen molar-refractivity contribution in [3.8, 4) is 0 Å². The summed E-state index contributed by atoms with van der Waals surface area (Å²) < 4.78 is 18.7. The summed E-state index contributed by atoms with van der Waals surface area (Å²) in [5.74, 6) is 1.23. The molecule has 0 bridgehead atoms. The molecule has 4 nitrogen and oxygen atoms in total. The van der Waals surface area contributed by atoms with Gasteiger partial charge in [0.15, 0.2) is 0 Å². The molecule has 1 aromatic carbocycles. The molecule has 0 amide bonds. The Hall–Kier alpha value is -1.72. The highest BCUT2D eigenvalue weighted by Gasteiger charge is 2.32. The summed E-state index contributed by atoms with van der Waals surface area (Å²) in [6.45, 7) is 4.93. The number of β-amino-alcohol motifs (C(OH)–C–C–N with tert-alkyl or cyclic N) is 1. The Bertz CT molecular complexity index is 604. The van der Waals surface area contributed by atoms with Gasteiger partial charge in [0.25, 0.3) is 0 Å². The van der Waals surface area contributed by atoms with E-state index in [4.69, 9.17) is 4.42 Å². The Morgan fingerprint density at radius 1 is 1.33 bits per heavy atom. The Morgan fingerprint density at radius 3 is 2.67 bits per heavy atom. The van der Waals surface area contributed by atoms with E-state index in [2.05, 4.69) is 9.88 Å². The number of aromatic nitrogens is 1. The summed E-state index contributed by atoms with van der Waals surface area (Å²) in [6, 6.07) is 6.52. The SMILES string of the molecule is Cc1nc(CN2C[C@H](O)C[C@@H]2c2ccc(F)cc2)oc1C. The number of hydrogen-bond donors (Lipinski definition) is 1. The topological polar surface area (TPSA) is 49.5 Å². The van der Waals surface area contributed by atoms with Gasteiger partial charge in [-0.25, -0.2) is 9.37 Å². The van der Waals surface area contributed by atoms with Crippen LogP contribution in [0.25, 0.3) is 0 Å². The van der Waals surface area contributed by atoms with Gasteiger partial charge in [-0.1, -0.05) is 12.1 Å². The quantitative estimate of drug-likeness (QED) is 0.944. The molecule has 2 atom stereocenters. The Labute approximate surface area is 123 Å². The number of rotatable bonds is 3. The number of benzene rings is 1. The zero-order chi connectivity index (χ0) is 15.0. The lowest BCUT2D eigenvalue weighted by atomic mass is 10.0. The number of likely N-dealkylation sites (tertiary alicyclic amines) is 1. The van der Waals surface area contributed by atoms with E-state index in [1.807, 2.05) is 13.8 Å². The monoisotopic (exact) mass is 290 g/mol. The van der Waals surface area contributed by atoms with Crippen molar-refractivity contribution in [2.24, 2.45) is 0 Å². The molecule has 1 aliphatic heterocycles. The lowest BCUT2D eigenvalue weighted by Crippen LogP contribution is -2.24. The molecule has 1 fully saturated rings. The normalized spacial score (nSPS) is 22.9. The third-order valence-corrected chi connectivity index (χ3v) is 4.05. The largest absolute Gasteiger partial charge is 0.444 e. The Morgan fingerprint density at radius 2 is 2.05 bits per heavy atom. The van der Waals surface area contributed by atoms with E-state index < -0.39 is 0 Å². The predicted octanol–water partition coefficient (Wildman–Crippen LogP) is 2.74. The minimum Gasteiger partial charge on any atom is -0.444 e. The molecule has 21 heavy (non-hydrogen) atoms. The third-order valence-electron chi connectivity index (χ3n) is 4.05. The molecule has 1 N–H and O–H groups in total. The molecule has 0 saturated carbocycles. The van der Waals surface area contributed by atoms with Crippen LogP contribution in [0.2, 0.25) is 0 Å². The number of hydrogen-bond acceptors (Lipinski definition) is 4. The first kappa shape index (κ1) is 14.2. The first-order valence-corrected chi connectivity index (χ1v) is 7.13. The van der Waals surface area contributed by atoms with E-state index in [1.54, 1.807) is 12.1 Å². The van der Waals surface area contributed by atoms with Crippen LogP contribution in [0.15, 0.2) is 28.7 Å². The van der Waals surface area contributed by atoms with Gasteiger partial charge in [-0.05, 0) is 38.0 Å². The van der Waals surface area contributed by atoms with Crippen LogP contribution in [-0.2, 0) is 6.54 Å². The van der Waals surface area contributed by atoms with Crippen LogP contribution in [0.1, 0.15) is 35.4 Å². The van der Waals surface area contributed by atoms with Crippen molar-refractivity contribution in [3.63, 3.8) is 0 Å². The summed E-state index contributed by atoms with van der Waals surface area (Å²) in [5, 5.41) is 9.96. The summed E-state index contributed by atoms with van der Waals surface area (Å²) in [6.07, 6.45) is 0.266. The van der Waals surface area contributed by atoms with Gasteiger partial charge < -0.3 is 9.52 Å². The summed E-state index contributed by atoms with van der Waals surface area (Å²) in [5.41, 5.74) is 1.90. The number of nitrogens with zero attached hydrogens (tertiary/aromatic N) is 2. The maximum absolute atomic E-state index is 13.1. The summed E-state index contributed by atoms with van der Waals surface area (Å²) >= 11 is 0. The molecule has 2 aromatic rings. The minimum absolute atomic E-state index is 0.0631. The standard InChI is InChI=1S/C16H19FN2O2/c1-10-11(2)21-16(18-10)9-19-8-14(20)7-15(19)12-3-5-13(17)6-4-12/h3-6,14-15,20H,7-9H2,1-2H3/t14-,15-/m1/s1.